The van der Waals surface area contributed by atoms with Crippen LogP contribution < -0.4 is 0 Å². The molecule has 4 fully saturated rings. The molecule has 1 amide bonds. The Kier molecular flexibility index (Phi) is 3.28. The SMILES string of the molecule is CC(C#N)N(C)C(=O)CC1C2CC3CC(C2)CC1C3. The average molecular weight is 260 g/mol. The summed E-state index contributed by atoms with van der Waals surface area (Å²) in [5.74, 6) is 4.30. The van der Waals surface area contributed by atoms with Crippen LogP contribution in [0, 0.1) is 40.9 Å². The summed E-state index contributed by atoms with van der Waals surface area (Å²) < 4.78 is 0. The minimum absolute atomic E-state index is 0.173. The molecular weight excluding hydrogens is 236 g/mol. The first-order chi connectivity index (χ1) is 9.08. The lowest BCUT2D eigenvalue weighted by Crippen LogP contribution is -2.47. The van der Waals surface area contributed by atoms with E-state index in [1.807, 2.05) is 0 Å². The van der Waals surface area contributed by atoms with Gasteiger partial charge in [0.25, 0.3) is 0 Å². The van der Waals surface area contributed by atoms with Gasteiger partial charge in [-0.2, -0.15) is 5.26 Å². The summed E-state index contributed by atoms with van der Waals surface area (Å²) in [6.45, 7) is 1.80. The van der Waals surface area contributed by atoms with Crippen molar-refractivity contribution in [2.45, 2.75) is 51.5 Å². The number of nitrogens with zero attached hydrogens (tertiary/aromatic N) is 2. The lowest BCUT2D eigenvalue weighted by atomic mass is 9.51. The Bertz CT molecular complexity index is 383. The second-order valence-corrected chi connectivity index (χ2v) is 7.11. The number of carbonyl (C=O) groups excluding carboxylic acids is 1. The topological polar surface area (TPSA) is 44.1 Å². The van der Waals surface area contributed by atoms with E-state index < -0.39 is 0 Å². The highest BCUT2D eigenvalue weighted by atomic mass is 16.2. The molecule has 1 unspecified atom stereocenters. The highest BCUT2D eigenvalue weighted by Crippen LogP contribution is 2.57. The summed E-state index contributed by atoms with van der Waals surface area (Å²) >= 11 is 0. The van der Waals surface area contributed by atoms with E-state index in [1.54, 1.807) is 18.9 Å². The molecule has 0 aromatic heterocycles. The van der Waals surface area contributed by atoms with Crippen molar-refractivity contribution in [1.29, 1.82) is 5.26 Å². The minimum atomic E-state index is -0.302. The van der Waals surface area contributed by atoms with Crippen molar-refractivity contribution in [1.82, 2.24) is 4.90 Å². The van der Waals surface area contributed by atoms with Crippen LogP contribution in [-0.2, 0) is 4.79 Å². The number of amides is 1. The van der Waals surface area contributed by atoms with E-state index >= 15 is 0 Å². The van der Waals surface area contributed by atoms with Gasteiger partial charge in [-0.25, -0.2) is 0 Å². The van der Waals surface area contributed by atoms with Crippen molar-refractivity contribution >= 4 is 5.91 Å². The van der Waals surface area contributed by atoms with Gasteiger partial charge in [0, 0.05) is 13.5 Å². The molecule has 4 bridgehead atoms. The molecule has 4 aliphatic carbocycles. The summed E-state index contributed by atoms with van der Waals surface area (Å²) in [4.78, 5) is 13.9. The predicted octanol–water partition coefficient (Wildman–Crippen LogP) is 2.82. The van der Waals surface area contributed by atoms with E-state index in [9.17, 15) is 4.79 Å². The molecule has 19 heavy (non-hydrogen) atoms. The summed E-state index contributed by atoms with van der Waals surface area (Å²) in [6.07, 6.45) is 7.59. The molecule has 4 rings (SSSR count). The van der Waals surface area contributed by atoms with Crippen LogP contribution in [0.5, 0.6) is 0 Å². The highest BCUT2D eigenvalue weighted by Gasteiger charge is 2.48. The molecule has 0 heterocycles. The molecule has 0 aliphatic heterocycles. The van der Waals surface area contributed by atoms with Crippen LogP contribution in [0.25, 0.3) is 0 Å². The second kappa shape index (κ2) is 4.81. The fourth-order valence-electron chi connectivity index (χ4n) is 5.02. The molecule has 0 spiro atoms. The summed E-state index contributed by atoms with van der Waals surface area (Å²) in [5.41, 5.74) is 0. The first-order valence-electron chi connectivity index (χ1n) is 7.73. The molecule has 0 N–H and O–H groups in total. The zero-order chi connectivity index (χ0) is 13.6. The fraction of sp³-hybridized carbons (Fsp3) is 0.875. The Morgan fingerprint density at radius 2 is 1.74 bits per heavy atom. The molecule has 3 nitrogen and oxygen atoms in total. The van der Waals surface area contributed by atoms with Gasteiger partial charge in [0.15, 0.2) is 0 Å². The number of carbonyl (C=O) groups is 1. The molecular formula is C16H24N2O. The van der Waals surface area contributed by atoms with Gasteiger partial charge in [-0.05, 0) is 68.6 Å². The molecule has 0 aromatic carbocycles. The van der Waals surface area contributed by atoms with Crippen LogP contribution in [0.2, 0.25) is 0 Å². The third-order valence-electron chi connectivity index (χ3n) is 5.99. The zero-order valence-corrected chi connectivity index (χ0v) is 12.0. The van der Waals surface area contributed by atoms with Gasteiger partial charge in [0.05, 0.1) is 6.07 Å². The first-order valence-corrected chi connectivity index (χ1v) is 7.73. The minimum Gasteiger partial charge on any atom is -0.330 e. The summed E-state index contributed by atoms with van der Waals surface area (Å²) in [7, 11) is 1.77. The third kappa shape index (κ3) is 2.26. The number of rotatable bonds is 3. The van der Waals surface area contributed by atoms with Crippen LogP contribution in [0.1, 0.15) is 45.4 Å². The Balaban J connectivity index is 1.64. The van der Waals surface area contributed by atoms with Crippen molar-refractivity contribution in [2.75, 3.05) is 7.05 Å². The number of hydrogen-bond donors (Lipinski definition) is 0. The largest absolute Gasteiger partial charge is 0.330 e. The lowest BCUT2D eigenvalue weighted by Gasteiger charge is -2.54. The van der Waals surface area contributed by atoms with E-state index in [0.29, 0.717) is 12.3 Å². The van der Waals surface area contributed by atoms with E-state index in [1.165, 1.54) is 32.1 Å². The smallest absolute Gasteiger partial charge is 0.223 e. The maximum absolute atomic E-state index is 12.3. The van der Waals surface area contributed by atoms with Gasteiger partial charge in [-0.3, -0.25) is 4.79 Å². The fourth-order valence-corrected chi connectivity index (χ4v) is 5.02. The molecule has 1 atom stereocenters. The Morgan fingerprint density at radius 1 is 1.21 bits per heavy atom. The quantitative estimate of drug-likeness (QED) is 0.783. The van der Waals surface area contributed by atoms with Gasteiger partial charge in [0.1, 0.15) is 6.04 Å². The first kappa shape index (κ1) is 13.0. The second-order valence-electron chi connectivity index (χ2n) is 7.11. The van der Waals surface area contributed by atoms with Crippen molar-refractivity contribution in [3.63, 3.8) is 0 Å². The van der Waals surface area contributed by atoms with E-state index in [0.717, 1.165) is 23.7 Å². The molecule has 0 saturated heterocycles. The van der Waals surface area contributed by atoms with Crippen molar-refractivity contribution in [2.24, 2.45) is 29.6 Å². The molecule has 4 aliphatic rings. The van der Waals surface area contributed by atoms with Gasteiger partial charge in [-0.1, -0.05) is 0 Å². The maximum Gasteiger partial charge on any atom is 0.223 e. The Hall–Kier alpha value is -1.04. The molecule has 0 aromatic rings. The van der Waals surface area contributed by atoms with Crippen molar-refractivity contribution in [3.8, 4) is 6.07 Å². The van der Waals surface area contributed by atoms with Crippen LogP contribution in [0.4, 0.5) is 0 Å². The standard InChI is InChI=1S/C16H24N2O/c1-10(9-17)18(2)16(19)8-15-13-4-11-3-12(6-13)7-14(15)5-11/h10-15H,3-8H2,1-2H3. The monoisotopic (exact) mass is 260 g/mol. The molecule has 0 radical (unpaired) electrons. The van der Waals surface area contributed by atoms with Crippen LogP contribution >= 0.6 is 0 Å². The summed E-state index contributed by atoms with van der Waals surface area (Å²) in [5, 5.41) is 8.92. The lowest BCUT2D eigenvalue weighted by molar-refractivity contribution is -0.136. The predicted molar refractivity (Wildman–Crippen MR) is 73.0 cm³/mol. The van der Waals surface area contributed by atoms with Gasteiger partial charge in [0.2, 0.25) is 5.91 Å². The van der Waals surface area contributed by atoms with Gasteiger partial charge < -0.3 is 4.90 Å². The highest BCUT2D eigenvalue weighted by molar-refractivity contribution is 5.76. The number of nitriles is 1. The molecule has 4 saturated carbocycles. The summed E-state index contributed by atoms with van der Waals surface area (Å²) in [6, 6.07) is 1.85. The van der Waals surface area contributed by atoms with E-state index in [-0.39, 0.29) is 11.9 Å². The third-order valence-corrected chi connectivity index (χ3v) is 5.99. The normalized spacial score (nSPS) is 40.8. The van der Waals surface area contributed by atoms with Gasteiger partial charge >= 0.3 is 0 Å². The Labute approximate surface area is 116 Å². The van der Waals surface area contributed by atoms with Crippen LogP contribution in [-0.4, -0.2) is 23.9 Å². The van der Waals surface area contributed by atoms with Crippen LogP contribution in [0.3, 0.4) is 0 Å². The van der Waals surface area contributed by atoms with Gasteiger partial charge in [-0.15, -0.1) is 0 Å². The van der Waals surface area contributed by atoms with Crippen molar-refractivity contribution in [3.05, 3.63) is 0 Å². The van der Waals surface area contributed by atoms with E-state index in [4.69, 9.17) is 5.26 Å². The van der Waals surface area contributed by atoms with E-state index in [2.05, 4.69) is 6.07 Å². The average Bonchev–Trinajstić information content (AvgIpc) is 2.40. The molecule has 3 heteroatoms. The maximum atomic E-state index is 12.3. The number of hydrogen-bond acceptors (Lipinski definition) is 2. The van der Waals surface area contributed by atoms with Crippen LogP contribution in [0.15, 0.2) is 0 Å². The Morgan fingerprint density at radius 3 is 2.21 bits per heavy atom. The van der Waals surface area contributed by atoms with Crippen molar-refractivity contribution < 1.29 is 4.79 Å². The zero-order valence-electron chi connectivity index (χ0n) is 12.0. The molecule has 104 valence electrons.